The fraction of sp³-hybridized carbons (Fsp3) is 0.545. The fourth-order valence-electron chi connectivity index (χ4n) is 2.24. The second kappa shape index (κ2) is 7.17. The van der Waals surface area contributed by atoms with Gasteiger partial charge in [0.2, 0.25) is 5.95 Å². The van der Waals surface area contributed by atoms with Gasteiger partial charge in [0.25, 0.3) is 5.56 Å². The lowest BCUT2D eigenvalue weighted by molar-refractivity contribution is -0.0511. The van der Waals surface area contributed by atoms with Gasteiger partial charge in [0.1, 0.15) is 18.3 Å². The summed E-state index contributed by atoms with van der Waals surface area (Å²) in [5.41, 5.74) is 5.12. The van der Waals surface area contributed by atoms with Crippen molar-refractivity contribution in [3.63, 3.8) is 0 Å². The van der Waals surface area contributed by atoms with E-state index in [-0.39, 0.29) is 17.1 Å². The van der Waals surface area contributed by atoms with E-state index in [0.717, 1.165) is 6.66 Å². The summed E-state index contributed by atoms with van der Waals surface area (Å²) in [5.74, 6) is -0.101. The summed E-state index contributed by atoms with van der Waals surface area (Å²) in [4.78, 5) is 37.0. The second-order valence-corrected chi connectivity index (χ2v) is 7.01. The molecule has 3 heterocycles. The Morgan fingerprint density at radius 2 is 2.00 bits per heavy atom. The molecule has 0 aromatic carbocycles. The molecule has 0 radical (unpaired) electrons. The van der Waals surface area contributed by atoms with E-state index in [1.807, 2.05) is 0 Å². The Morgan fingerprint density at radius 1 is 1.40 bits per heavy atom. The summed E-state index contributed by atoms with van der Waals surface area (Å²) in [6.07, 6.45) is -3.21. The van der Waals surface area contributed by atoms with E-state index in [2.05, 4.69) is 15.0 Å². The van der Waals surface area contributed by atoms with Gasteiger partial charge >= 0.3 is 7.60 Å². The van der Waals surface area contributed by atoms with E-state index in [9.17, 15) is 19.6 Å². The van der Waals surface area contributed by atoms with Gasteiger partial charge in [0.05, 0.1) is 12.9 Å². The number of aliphatic hydroxyl groups is 3. The Bertz CT molecular complexity index is 838. The number of imidazole rings is 1. The molecule has 25 heavy (non-hydrogen) atoms. The first-order valence-electron chi connectivity index (χ1n) is 6.90. The van der Waals surface area contributed by atoms with Crippen molar-refractivity contribution >= 4 is 24.7 Å². The van der Waals surface area contributed by atoms with Gasteiger partial charge in [-0.1, -0.05) is 0 Å². The predicted molar refractivity (Wildman–Crippen MR) is 83.5 cm³/mol. The number of nitrogen functional groups attached to an aromatic ring is 1. The average molecular weight is 379 g/mol. The van der Waals surface area contributed by atoms with Crippen LogP contribution in [-0.2, 0) is 9.30 Å². The molecular formula is C11H18N5O8P. The van der Waals surface area contributed by atoms with Crippen molar-refractivity contribution in [2.45, 2.75) is 24.5 Å². The summed E-state index contributed by atoms with van der Waals surface area (Å²) in [6.45, 7) is 0.407. The van der Waals surface area contributed by atoms with Gasteiger partial charge < -0.3 is 35.6 Å². The van der Waals surface area contributed by atoms with Crippen LogP contribution in [0.15, 0.2) is 11.1 Å². The van der Waals surface area contributed by atoms with E-state index in [1.165, 1.54) is 10.9 Å². The molecule has 3 rings (SSSR count). The number of fused-ring (bicyclic) bond motifs is 1. The lowest BCUT2D eigenvalue weighted by atomic mass is 10.1. The number of rotatable bonds is 2. The van der Waals surface area contributed by atoms with E-state index >= 15 is 0 Å². The van der Waals surface area contributed by atoms with Gasteiger partial charge in [-0.25, -0.2) is 4.98 Å². The van der Waals surface area contributed by atoms with E-state index in [4.69, 9.17) is 25.4 Å². The molecule has 0 bridgehead atoms. The molecule has 2 aromatic rings. The summed E-state index contributed by atoms with van der Waals surface area (Å²) in [6, 6.07) is 0. The molecule has 4 atom stereocenters. The number of aromatic nitrogens is 4. The molecule has 13 nitrogen and oxygen atoms in total. The third kappa shape index (κ3) is 4.41. The van der Waals surface area contributed by atoms with Crippen molar-refractivity contribution < 1.29 is 34.4 Å². The Labute approximate surface area is 139 Å². The maximum atomic E-state index is 11.7. The number of aliphatic hydroxyl groups excluding tert-OH is 3. The topological polar surface area (TPSA) is 217 Å². The molecule has 140 valence electrons. The molecule has 0 saturated carbocycles. The number of nitrogens with one attached hydrogen (secondary N) is 1. The maximum absolute atomic E-state index is 11.7. The number of H-pyrrole nitrogens is 1. The van der Waals surface area contributed by atoms with Crippen LogP contribution in [0.5, 0.6) is 0 Å². The number of hydrogen-bond acceptors (Lipinski definition) is 9. The average Bonchev–Trinajstić information content (AvgIpc) is 3.00. The Morgan fingerprint density at radius 3 is 2.52 bits per heavy atom. The zero-order chi connectivity index (χ0) is 18.9. The summed E-state index contributed by atoms with van der Waals surface area (Å²) in [5, 5.41) is 28.7. The van der Waals surface area contributed by atoms with E-state index < -0.39 is 44.3 Å². The van der Waals surface area contributed by atoms with Crippen LogP contribution in [0.1, 0.15) is 6.23 Å². The minimum atomic E-state index is -3.64. The minimum absolute atomic E-state index is 0.0388. The third-order valence-electron chi connectivity index (χ3n) is 3.24. The number of hydrogen-bond donors (Lipinski definition) is 7. The number of ether oxygens (including phenoxy) is 1. The molecule has 0 unspecified atom stereocenters. The van der Waals surface area contributed by atoms with Crippen LogP contribution in [0.3, 0.4) is 0 Å². The van der Waals surface area contributed by atoms with Gasteiger partial charge in [-0.15, -0.1) is 0 Å². The molecule has 1 aliphatic heterocycles. The summed E-state index contributed by atoms with van der Waals surface area (Å²) in [7, 11) is -3.64. The fourth-order valence-corrected chi connectivity index (χ4v) is 2.24. The zero-order valence-corrected chi connectivity index (χ0v) is 13.8. The normalized spacial score (nSPS) is 26.5. The molecule has 8 N–H and O–H groups in total. The van der Waals surface area contributed by atoms with Crippen LogP contribution < -0.4 is 11.3 Å². The van der Waals surface area contributed by atoms with Gasteiger partial charge in [-0.2, -0.15) is 4.98 Å². The van der Waals surface area contributed by atoms with Crippen molar-refractivity contribution in [1.82, 2.24) is 19.5 Å². The van der Waals surface area contributed by atoms with Crippen molar-refractivity contribution in [2.24, 2.45) is 0 Å². The van der Waals surface area contributed by atoms with Crippen molar-refractivity contribution in [1.29, 1.82) is 0 Å². The SMILES string of the molecule is CP(=O)(O)O.Nc1nc2c(ncn2[C@@H]2O[C@H](CO)[C@@H](O)[C@H]2O)c(=O)[nH]1. The number of anilines is 1. The molecule has 0 amide bonds. The highest BCUT2D eigenvalue weighted by Gasteiger charge is 2.44. The molecule has 1 fully saturated rings. The highest BCUT2D eigenvalue weighted by Crippen LogP contribution is 2.30. The first kappa shape index (κ1) is 19.5. The minimum Gasteiger partial charge on any atom is -0.394 e. The standard InChI is InChI=1S/C10H13N5O5.CH5O3P/c11-10-13-7-4(8(19)14-10)12-2-15(7)9-6(18)5(17)3(1-16)20-9;1-5(2,3)4/h2-3,5-6,9,16-18H,1H2,(H3,11,13,14,19);1H3,(H2,2,3,4)/t3-,5-,6-,9-;/m1./s1. The predicted octanol–water partition coefficient (Wildman–Crippen LogP) is -2.89. The van der Waals surface area contributed by atoms with Gasteiger partial charge in [0, 0.05) is 6.66 Å². The van der Waals surface area contributed by atoms with Crippen molar-refractivity contribution in [3.8, 4) is 0 Å². The van der Waals surface area contributed by atoms with E-state index in [0.29, 0.717) is 0 Å². The van der Waals surface area contributed by atoms with E-state index in [1.54, 1.807) is 0 Å². The lowest BCUT2D eigenvalue weighted by Gasteiger charge is -2.16. The molecule has 1 aliphatic rings. The highest BCUT2D eigenvalue weighted by molar-refractivity contribution is 7.50. The summed E-state index contributed by atoms with van der Waals surface area (Å²) < 4.78 is 16.0. The highest BCUT2D eigenvalue weighted by atomic mass is 31.2. The number of aromatic amines is 1. The van der Waals surface area contributed by atoms with Crippen LogP contribution >= 0.6 is 7.60 Å². The Kier molecular flexibility index (Phi) is 5.58. The van der Waals surface area contributed by atoms with Crippen molar-refractivity contribution in [2.75, 3.05) is 19.0 Å². The smallest absolute Gasteiger partial charge is 0.322 e. The third-order valence-corrected chi connectivity index (χ3v) is 3.24. The van der Waals surface area contributed by atoms with Crippen molar-refractivity contribution in [3.05, 3.63) is 16.7 Å². The zero-order valence-electron chi connectivity index (χ0n) is 12.9. The first-order valence-corrected chi connectivity index (χ1v) is 8.96. The molecule has 14 heteroatoms. The van der Waals surface area contributed by atoms with Crippen LogP contribution in [-0.4, -0.2) is 76.2 Å². The molecular weight excluding hydrogens is 361 g/mol. The Hall–Kier alpha value is -1.86. The number of nitrogens with two attached hydrogens (primary N) is 1. The van der Waals surface area contributed by atoms with Gasteiger partial charge in [-0.3, -0.25) is 18.9 Å². The molecule has 0 aliphatic carbocycles. The molecule has 0 spiro atoms. The summed E-state index contributed by atoms with van der Waals surface area (Å²) >= 11 is 0. The largest absolute Gasteiger partial charge is 0.394 e. The van der Waals surface area contributed by atoms with Crippen LogP contribution in [0, 0.1) is 0 Å². The molecule has 1 saturated heterocycles. The quantitative estimate of drug-likeness (QED) is 0.263. The van der Waals surface area contributed by atoms with Crippen LogP contribution in [0.4, 0.5) is 5.95 Å². The molecule has 2 aromatic heterocycles. The Balaban J connectivity index is 0.000000399. The van der Waals surface area contributed by atoms with Gasteiger partial charge in [-0.05, 0) is 0 Å². The maximum Gasteiger partial charge on any atom is 0.322 e. The number of nitrogens with zero attached hydrogens (tertiary/aromatic N) is 3. The lowest BCUT2D eigenvalue weighted by Crippen LogP contribution is -2.33. The van der Waals surface area contributed by atoms with Gasteiger partial charge in [0.15, 0.2) is 17.4 Å². The first-order chi connectivity index (χ1) is 11.5. The van der Waals surface area contributed by atoms with Crippen LogP contribution in [0.2, 0.25) is 0 Å². The van der Waals surface area contributed by atoms with Crippen LogP contribution in [0.25, 0.3) is 11.2 Å². The monoisotopic (exact) mass is 379 g/mol. The second-order valence-electron chi connectivity index (χ2n) is 5.34.